The minimum absolute atomic E-state index is 0.173. The fraction of sp³-hybridized carbons (Fsp3) is 0.111. The molecule has 0 aliphatic carbocycles. The van der Waals surface area contributed by atoms with Gasteiger partial charge in [0.2, 0.25) is 0 Å². The summed E-state index contributed by atoms with van der Waals surface area (Å²) in [6.07, 6.45) is 0. The second kappa shape index (κ2) is 7.59. The summed E-state index contributed by atoms with van der Waals surface area (Å²) in [5.74, 6) is 0.127. The molecule has 1 heterocycles. The molecule has 5 nitrogen and oxygen atoms in total. The van der Waals surface area contributed by atoms with E-state index in [4.69, 9.17) is 32.4 Å². The van der Waals surface area contributed by atoms with E-state index < -0.39 is 5.63 Å². The van der Waals surface area contributed by atoms with Crippen LogP contribution in [0, 0.1) is 0 Å². The van der Waals surface area contributed by atoms with Gasteiger partial charge in [-0.3, -0.25) is 4.79 Å². The van der Waals surface area contributed by atoms with Gasteiger partial charge < -0.3 is 14.5 Å². The molecule has 7 heteroatoms. The molecule has 0 bridgehead atoms. The molecule has 25 heavy (non-hydrogen) atoms. The van der Waals surface area contributed by atoms with Crippen molar-refractivity contribution >= 4 is 40.1 Å². The van der Waals surface area contributed by atoms with Gasteiger partial charge in [0.05, 0.1) is 0 Å². The lowest BCUT2D eigenvalue weighted by Gasteiger charge is -2.09. The maximum Gasteiger partial charge on any atom is 0.336 e. The van der Waals surface area contributed by atoms with Gasteiger partial charge in [0, 0.05) is 34.1 Å². The van der Waals surface area contributed by atoms with Gasteiger partial charge in [-0.15, -0.1) is 0 Å². The van der Waals surface area contributed by atoms with Crippen molar-refractivity contribution in [2.75, 3.05) is 6.61 Å². The molecule has 0 aliphatic rings. The molecule has 0 unspecified atom stereocenters. The molecular formula is C18H13Cl2NO4. The van der Waals surface area contributed by atoms with Crippen molar-refractivity contribution in [3.05, 3.63) is 74.6 Å². The number of rotatable bonds is 5. The summed E-state index contributed by atoms with van der Waals surface area (Å²) in [6, 6.07) is 13.1. The third-order valence-corrected chi connectivity index (χ3v) is 4.04. The highest BCUT2D eigenvalue weighted by atomic mass is 35.5. The van der Waals surface area contributed by atoms with Gasteiger partial charge in [-0.1, -0.05) is 29.3 Å². The smallest absolute Gasteiger partial charge is 0.336 e. The number of benzene rings is 2. The van der Waals surface area contributed by atoms with Crippen LogP contribution in [-0.4, -0.2) is 12.5 Å². The van der Waals surface area contributed by atoms with Crippen molar-refractivity contribution in [1.82, 2.24) is 5.32 Å². The lowest BCUT2D eigenvalue weighted by Crippen LogP contribution is -2.28. The number of fused-ring (bicyclic) bond motifs is 1. The molecule has 0 saturated carbocycles. The molecule has 3 aromatic rings. The van der Waals surface area contributed by atoms with Gasteiger partial charge in [-0.25, -0.2) is 4.79 Å². The Labute approximate surface area is 153 Å². The Hall–Kier alpha value is -2.50. The predicted molar refractivity (Wildman–Crippen MR) is 96.3 cm³/mol. The summed E-state index contributed by atoms with van der Waals surface area (Å²) in [6.45, 7) is 0.0958. The van der Waals surface area contributed by atoms with Crippen molar-refractivity contribution in [1.29, 1.82) is 0 Å². The van der Waals surface area contributed by atoms with Crippen LogP contribution < -0.4 is 15.7 Å². The fourth-order valence-electron chi connectivity index (χ4n) is 2.19. The van der Waals surface area contributed by atoms with E-state index in [0.717, 1.165) is 10.9 Å². The molecule has 2 aromatic carbocycles. The third kappa shape index (κ3) is 4.53. The number of nitrogens with one attached hydrogen (secondary N) is 1. The van der Waals surface area contributed by atoms with E-state index in [1.807, 2.05) is 0 Å². The summed E-state index contributed by atoms with van der Waals surface area (Å²) >= 11 is 11.9. The fourth-order valence-corrected chi connectivity index (χ4v) is 2.66. The van der Waals surface area contributed by atoms with Crippen LogP contribution in [0.25, 0.3) is 11.0 Å². The van der Waals surface area contributed by atoms with E-state index in [-0.39, 0.29) is 19.1 Å². The SMILES string of the molecule is O=C(COc1ccc2ccc(=O)oc2c1)NCc1ccc(Cl)cc1Cl. The maximum atomic E-state index is 11.9. The Bertz CT molecular complexity index is 984. The first-order valence-corrected chi connectivity index (χ1v) is 8.14. The first-order valence-electron chi connectivity index (χ1n) is 7.38. The van der Waals surface area contributed by atoms with Gasteiger partial charge in [-0.2, -0.15) is 0 Å². The average Bonchev–Trinajstić information content (AvgIpc) is 2.58. The molecular weight excluding hydrogens is 365 g/mol. The molecule has 3 rings (SSSR count). The van der Waals surface area contributed by atoms with Crippen LogP contribution in [0.4, 0.5) is 0 Å². The lowest BCUT2D eigenvalue weighted by molar-refractivity contribution is -0.123. The Morgan fingerprint density at radius 3 is 2.68 bits per heavy atom. The standard InChI is InChI=1S/C18H13Cl2NO4/c19-13-4-1-12(15(20)7-13)9-21-17(22)10-24-14-5-2-11-3-6-18(23)25-16(11)8-14/h1-8H,9-10H2,(H,21,22). The van der Waals surface area contributed by atoms with Gasteiger partial charge >= 0.3 is 5.63 Å². The van der Waals surface area contributed by atoms with Crippen LogP contribution in [0.2, 0.25) is 10.0 Å². The highest BCUT2D eigenvalue weighted by molar-refractivity contribution is 6.35. The normalized spacial score (nSPS) is 10.6. The van der Waals surface area contributed by atoms with Crippen molar-refractivity contribution in [2.24, 2.45) is 0 Å². The zero-order valence-electron chi connectivity index (χ0n) is 12.9. The Morgan fingerprint density at radius 2 is 1.88 bits per heavy atom. The Morgan fingerprint density at radius 1 is 1.08 bits per heavy atom. The predicted octanol–water partition coefficient (Wildman–Crippen LogP) is 3.80. The number of halogens is 2. The third-order valence-electron chi connectivity index (χ3n) is 3.46. The molecule has 0 fully saturated rings. The Balaban J connectivity index is 1.57. The average molecular weight is 378 g/mol. The summed E-state index contributed by atoms with van der Waals surface area (Å²) in [7, 11) is 0. The topological polar surface area (TPSA) is 68.5 Å². The van der Waals surface area contributed by atoms with Crippen molar-refractivity contribution in [3.63, 3.8) is 0 Å². The molecule has 0 spiro atoms. The van der Waals surface area contributed by atoms with Crippen LogP contribution in [0.5, 0.6) is 5.75 Å². The first kappa shape index (κ1) is 17.3. The number of hydrogen-bond donors (Lipinski definition) is 1. The van der Waals surface area contributed by atoms with Crippen LogP contribution in [0.3, 0.4) is 0 Å². The van der Waals surface area contributed by atoms with Crippen molar-refractivity contribution in [3.8, 4) is 5.75 Å². The van der Waals surface area contributed by atoms with Crippen LogP contribution in [-0.2, 0) is 11.3 Å². The van der Waals surface area contributed by atoms with E-state index in [1.165, 1.54) is 6.07 Å². The molecule has 1 N–H and O–H groups in total. The van der Waals surface area contributed by atoms with Crippen LogP contribution in [0.15, 0.2) is 57.7 Å². The summed E-state index contributed by atoms with van der Waals surface area (Å²) in [5.41, 5.74) is 0.715. The lowest BCUT2D eigenvalue weighted by atomic mass is 10.2. The van der Waals surface area contributed by atoms with Gasteiger partial charge in [0.25, 0.3) is 5.91 Å². The second-order valence-corrected chi connectivity index (χ2v) is 6.10. The molecule has 0 aliphatic heterocycles. The summed E-state index contributed by atoms with van der Waals surface area (Å²) < 4.78 is 10.5. The quantitative estimate of drug-likeness (QED) is 0.686. The zero-order chi connectivity index (χ0) is 17.8. The molecule has 0 atom stereocenters. The molecule has 1 amide bonds. The van der Waals surface area contributed by atoms with E-state index in [9.17, 15) is 9.59 Å². The zero-order valence-corrected chi connectivity index (χ0v) is 14.4. The molecule has 1 aromatic heterocycles. The minimum Gasteiger partial charge on any atom is -0.484 e. The number of carbonyl (C=O) groups is 1. The Kier molecular flexibility index (Phi) is 5.26. The van der Waals surface area contributed by atoms with Crippen molar-refractivity contribution in [2.45, 2.75) is 6.54 Å². The number of ether oxygens (including phenoxy) is 1. The van der Waals surface area contributed by atoms with E-state index in [1.54, 1.807) is 42.5 Å². The van der Waals surface area contributed by atoms with Gasteiger partial charge in [0.1, 0.15) is 11.3 Å². The summed E-state index contributed by atoms with van der Waals surface area (Å²) in [5, 5.41) is 4.50. The number of carbonyl (C=O) groups excluding carboxylic acids is 1. The molecule has 0 saturated heterocycles. The van der Waals surface area contributed by atoms with Gasteiger partial charge in [-0.05, 0) is 35.9 Å². The van der Waals surface area contributed by atoms with E-state index in [0.29, 0.717) is 21.4 Å². The highest BCUT2D eigenvalue weighted by Crippen LogP contribution is 2.21. The minimum atomic E-state index is -0.442. The highest BCUT2D eigenvalue weighted by Gasteiger charge is 2.07. The first-order chi connectivity index (χ1) is 12.0. The second-order valence-electron chi connectivity index (χ2n) is 5.26. The van der Waals surface area contributed by atoms with Crippen LogP contribution >= 0.6 is 23.2 Å². The van der Waals surface area contributed by atoms with Gasteiger partial charge in [0.15, 0.2) is 6.61 Å². The van der Waals surface area contributed by atoms with E-state index >= 15 is 0 Å². The number of hydrogen-bond acceptors (Lipinski definition) is 4. The monoisotopic (exact) mass is 377 g/mol. The van der Waals surface area contributed by atoms with Crippen LogP contribution in [0.1, 0.15) is 5.56 Å². The molecule has 0 radical (unpaired) electrons. The van der Waals surface area contributed by atoms with E-state index in [2.05, 4.69) is 5.32 Å². The summed E-state index contributed by atoms with van der Waals surface area (Å²) in [4.78, 5) is 23.1. The largest absolute Gasteiger partial charge is 0.484 e. The maximum absolute atomic E-state index is 11.9. The molecule has 128 valence electrons. The number of amides is 1. The van der Waals surface area contributed by atoms with Crippen molar-refractivity contribution < 1.29 is 13.9 Å².